The zero-order valence-electron chi connectivity index (χ0n) is 26.0. The van der Waals surface area contributed by atoms with Gasteiger partial charge in [0.25, 0.3) is 12.4 Å². The summed E-state index contributed by atoms with van der Waals surface area (Å²) in [6.45, 7) is 5.30. The number of aromatic nitrogens is 1. The minimum absolute atomic E-state index is 0.0203. The Morgan fingerprint density at radius 2 is 1.78 bits per heavy atom. The second-order valence-electron chi connectivity index (χ2n) is 9.89. The molecule has 46 heavy (non-hydrogen) atoms. The molecule has 0 fully saturated rings. The number of rotatable bonds is 6. The third kappa shape index (κ3) is 7.49. The van der Waals surface area contributed by atoms with Gasteiger partial charge in [0.2, 0.25) is 0 Å². The molecule has 2 heterocycles. The van der Waals surface area contributed by atoms with E-state index in [-0.39, 0.29) is 41.8 Å². The van der Waals surface area contributed by atoms with E-state index < -0.39 is 29.4 Å². The van der Waals surface area contributed by atoms with Crippen LogP contribution in [0.15, 0.2) is 71.7 Å². The van der Waals surface area contributed by atoms with Gasteiger partial charge in [0.05, 0.1) is 19.9 Å². The minimum atomic E-state index is -4.68. The minimum Gasteiger partial charge on any atom is -0.497 e. The van der Waals surface area contributed by atoms with Crippen molar-refractivity contribution in [3.63, 3.8) is 0 Å². The number of alkyl halides is 3. The van der Waals surface area contributed by atoms with Crippen LogP contribution >= 0.6 is 0 Å². The smallest absolute Gasteiger partial charge is 0.432 e. The van der Waals surface area contributed by atoms with Crippen molar-refractivity contribution in [2.75, 3.05) is 14.2 Å². The van der Waals surface area contributed by atoms with E-state index >= 15 is 0 Å². The van der Waals surface area contributed by atoms with Crippen LogP contribution in [0.5, 0.6) is 0 Å². The zero-order valence-corrected chi connectivity index (χ0v) is 26.0. The first-order valence-electron chi connectivity index (χ1n) is 14.4. The van der Waals surface area contributed by atoms with Gasteiger partial charge in [-0.3, -0.25) is 9.59 Å². The van der Waals surface area contributed by atoms with Crippen LogP contribution in [0.2, 0.25) is 0 Å². The first-order chi connectivity index (χ1) is 21.9. The van der Waals surface area contributed by atoms with E-state index in [0.29, 0.717) is 47.3 Å². The van der Waals surface area contributed by atoms with Crippen LogP contribution in [0.4, 0.5) is 22.0 Å². The fourth-order valence-corrected chi connectivity index (χ4v) is 5.50. The summed E-state index contributed by atoms with van der Waals surface area (Å²) in [5.74, 6) is -1.15. The average molecular weight is 647 g/mol. The molecule has 0 radical (unpaired) electrons. The molecular weight excluding hydrogens is 611 g/mol. The Bertz CT molecular complexity index is 1690. The van der Waals surface area contributed by atoms with Crippen molar-refractivity contribution in [3.8, 4) is 11.1 Å². The van der Waals surface area contributed by atoms with Gasteiger partial charge in [-0.1, -0.05) is 38.1 Å². The molecule has 5 rings (SSSR count). The van der Waals surface area contributed by atoms with Crippen molar-refractivity contribution in [2.45, 2.75) is 52.9 Å². The first-order valence-corrected chi connectivity index (χ1v) is 14.4. The van der Waals surface area contributed by atoms with Crippen molar-refractivity contribution < 1.29 is 46.1 Å². The summed E-state index contributed by atoms with van der Waals surface area (Å²) in [6.07, 6.45) is -0.161. The second kappa shape index (κ2) is 15.4. The monoisotopic (exact) mass is 646 g/mol. The van der Waals surface area contributed by atoms with Crippen LogP contribution in [0.25, 0.3) is 16.7 Å². The van der Waals surface area contributed by atoms with Gasteiger partial charge in [-0.15, -0.1) is 0 Å². The molecule has 12 heteroatoms. The molecule has 2 N–H and O–H groups in total. The molecule has 0 unspecified atom stereocenters. The molecule has 0 atom stereocenters. The van der Waals surface area contributed by atoms with Crippen LogP contribution in [-0.4, -0.2) is 36.3 Å². The Morgan fingerprint density at radius 3 is 2.39 bits per heavy atom. The van der Waals surface area contributed by atoms with Gasteiger partial charge in [0, 0.05) is 47.8 Å². The average Bonchev–Trinajstić information content (AvgIpc) is 3.22. The van der Waals surface area contributed by atoms with Gasteiger partial charge >= 0.3 is 6.18 Å². The SMILES string of the molecule is CC.COC1=C(OC)CC=C2CCn3c(c(C)c(-c4cccc(C(=O)NCc5ccc(F)cc5F)c4)c3C(F)(F)F)C2=C1.O=CO. The summed E-state index contributed by atoms with van der Waals surface area (Å²) >= 11 is 0. The molecule has 246 valence electrons. The van der Waals surface area contributed by atoms with Crippen molar-refractivity contribution >= 4 is 18.0 Å². The number of carbonyl (C=O) groups is 2. The van der Waals surface area contributed by atoms with Crippen LogP contribution in [0, 0.1) is 18.6 Å². The van der Waals surface area contributed by atoms with Gasteiger partial charge in [-0.2, -0.15) is 13.2 Å². The maximum Gasteiger partial charge on any atom is 0.432 e. The number of methoxy groups -OCH3 is 2. The summed E-state index contributed by atoms with van der Waals surface area (Å²) < 4.78 is 83.5. The number of nitrogens with one attached hydrogen (secondary N) is 1. The summed E-state index contributed by atoms with van der Waals surface area (Å²) in [4.78, 5) is 21.3. The van der Waals surface area contributed by atoms with E-state index in [1.165, 1.54) is 49.1 Å². The largest absolute Gasteiger partial charge is 0.497 e. The predicted octanol–water partition coefficient (Wildman–Crippen LogP) is 8.04. The molecule has 3 aromatic rings. The third-order valence-corrected chi connectivity index (χ3v) is 7.40. The van der Waals surface area contributed by atoms with Crippen molar-refractivity contribution in [3.05, 3.63) is 111 Å². The van der Waals surface area contributed by atoms with Crippen LogP contribution < -0.4 is 5.32 Å². The molecule has 0 spiro atoms. The summed E-state index contributed by atoms with van der Waals surface area (Å²) in [7, 11) is 3.01. The summed E-state index contributed by atoms with van der Waals surface area (Å²) in [5.41, 5.74) is 1.96. The fourth-order valence-electron chi connectivity index (χ4n) is 5.50. The van der Waals surface area contributed by atoms with Crippen LogP contribution in [-0.2, 0) is 33.5 Å². The highest BCUT2D eigenvalue weighted by atomic mass is 19.4. The number of fused-ring (bicyclic) bond motifs is 3. The second-order valence-corrected chi connectivity index (χ2v) is 9.89. The zero-order chi connectivity index (χ0) is 34.2. The van der Waals surface area contributed by atoms with E-state index in [0.717, 1.165) is 11.6 Å². The summed E-state index contributed by atoms with van der Waals surface area (Å²) in [6, 6.07) is 8.90. The van der Waals surface area contributed by atoms with Crippen molar-refractivity contribution in [1.82, 2.24) is 9.88 Å². The Morgan fingerprint density at radius 1 is 1.09 bits per heavy atom. The van der Waals surface area contributed by atoms with Gasteiger partial charge < -0.3 is 24.5 Å². The van der Waals surface area contributed by atoms with Crippen LogP contribution in [0.1, 0.15) is 59.6 Å². The lowest BCUT2D eigenvalue weighted by Crippen LogP contribution is -2.23. The van der Waals surface area contributed by atoms with Gasteiger partial charge in [-0.25, -0.2) is 8.78 Å². The molecule has 0 saturated heterocycles. The Balaban J connectivity index is 0.00000109. The predicted molar refractivity (Wildman–Crippen MR) is 164 cm³/mol. The van der Waals surface area contributed by atoms with Crippen molar-refractivity contribution in [1.29, 1.82) is 0 Å². The number of allylic oxidation sites excluding steroid dienone is 4. The van der Waals surface area contributed by atoms with E-state index in [4.69, 9.17) is 19.4 Å². The number of benzene rings is 2. The number of hydrogen-bond donors (Lipinski definition) is 2. The number of hydrogen-bond acceptors (Lipinski definition) is 4. The lowest BCUT2D eigenvalue weighted by molar-refractivity contribution is -0.143. The molecule has 1 aliphatic heterocycles. The molecular formula is C34H35F5N2O5. The Hall–Kier alpha value is -4.87. The number of halogens is 5. The molecule has 7 nitrogen and oxygen atoms in total. The number of amides is 1. The number of carbonyl (C=O) groups excluding carboxylic acids is 1. The quantitative estimate of drug-likeness (QED) is 0.209. The highest BCUT2D eigenvalue weighted by Crippen LogP contribution is 2.48. The Labute approximate surface area is 263 Å². The highest BCUT2D eigenvalue weighted by Gasteiger charge is 2.42. The van der Waals surface area contributed by atoms with Crippen LogP contribution in [0.3, 0.4) is 0 Å². The number of carboxylic acid groups (broad SMARTS) is 1. The molecule has 1 amide bonds. The van der Waals surface area contributed by atoms with E-state index in [2.05, 4.69) is 5.32 Å². The molecule has 2 aromatic carbocycles. The lowest BCUT2D eigenvalue weighted by Gasteiger charge is -2.24. The third-order valence-electron chi connectivity index (χ3n) is 7.40. The normalized spacial score (nSPS) is 13.7. The van der Waals surface area contributed by atoms with E-state index in [9.17, 15) is 26.7 Å². The van der Waals surface area contributed by atoms with Gasteiger partial charge in [-0.05, 0) is 54.3 Å². The van der Waals surface area contributed by atoms with E-state index in [1.54, 1.807) is 13.0 Å². The molecule has 0 saturated carbocycles. The fraction of sp³-hybridized carbons (Fsp3) is 0.294. The summed E-state index contributed by atoms with van der Waals surface area (Å²) in [5, 5.41) is 9.44. The Kier molecular flexibility index (Phi) is 11.9. The number of ether oxygens (including phenoxy) is 2. The first kappa shape index (κ1) is 35.6. The molecule has 0 bridgehead atoms. The molecule has 1 aliphatic carbocycles. The standard InChI is InChI=1S/C31H27F5N2O3.C2H6.CH2O2/c1-17-27(19-5-4-6-20(13-19)30(39)37-16-21-7-9-22(32)14-24(21)33)29(31(34,35)36)38-12-11-18-8-10-25(40-2)26(41-3)15-23(18)28(17)38;1-2;2-1-3/h4-9,13-15H,10-12,16H2,1-3H3,(H,37,39);1-2H3;1H,(H,2,3). The molecule has 1 aromatic heterocycles. The lowest BCUT2D eigenvalue weighted by atomic mass is 9.92. The molecule has 2 aliphatic rings. The van der Waals surface area contributed by atoms with Crippen molar-refractivity contribution in [2.24, 2.45) is 0 Å². The van der Waals surface area contributed by atoms with Gasteiger partial charge in [0.1, 0.15) is 23.1 Å². The topological polar surface area (TPSA) is 89.8 Å². The highest BCUT2D eigenvalue weighted by molar-refractivity contribution is 5.96. The number of nitrogens with zero attached hydrogens (tertiary/aromatic N) is 1. The maximum atomic E-state index is 14.7. The van der Waals surface area contributed by atoms with Gasteiger partial charge in [0.15, 0.2) is 5.76 Å². The van der Waals surface area contributed by atoms with E-state index in [1.807, 2.05) is 19.9 Å². The maximum absolute atomic E-state index is 14.7.